The molecule has 0 bridgehead atoms. The Balaban J connectivity index is 1.88. The molecule has 0 amide bonds. The summed E-state index contributed by atoms with van der Waals surface area (Å²) in [6.07, 6.45) is 0.823. The average Bonchev–Trinajstić information content (AvgIpc) is 2.96. The van der Waals surface area contributed by atoms with Crippen molar-refractivity contribution in [1.29, 1.82) is 0 Å². The van der Waals surface area contributed by atoms with Gasteiger partial charge in [0.15, 0.2) is 0 Å². The molecule has 0 aliphatic rings. The van der Waals surface area contributed by atoms with E-state index < -0.39 is 0 Å². The van der Waals surface area contributed by atoms with Crippen LogP contribution >= 0.6 is 0 Å². The van der Waals surface area contributed by atoms with Gasteiger partial charge < -0.3 is 19.8 Å². The molecular weight excluding hydrogens is 256 g/mol. The molecule has 108 valence electrons. The van der Waals surface area contributed by atoms with E-state index in [-0.39, 0.29) is 6.04 Å². The topological polar surface area (TPSA) is 72.2 Å². The van der Waals surface area contributed by atoms with E-state index >= 15 is 0 Å². The number of anilines is 1. The van der Waals surface area contributed by atoms with Gasteiger partial charge in [-0.2, -0.15) is 0 Å². The molecule has 2 aromatic rings. The lowest BCUT2D eigenvalue weighted by Crippen LogP contribution is -2.12. The number of ether oxygens (including phenoxy) is 1. The zero-order chi connectivity index (χ0) is 14.4. The highest BCUT2D eigenvalue weighted by Crippen LogP contribution is 2.18. The summed E-state index contributed by atoms with van der Waals surface area (Å²) >= 11 is 0. The van der Waals surface area contributed by atoms with E-state index in [1.807, 2.05) is 38.2 Å². The van der Waals surface area contributed by atoms with Crippen molar-refractivity contribution in [3.05, 3.63) is 35.7 Å². The quantitative estimate of drug-likeness (QED) is 0.806. The van der Waals surface area contributed by atoms with Gasteiger partial charge in [0, 0.05) is 6.54 Å². The Morgan fingerprint density at radius 1 is 1.30 bits per heavy atom. The van der Waals surface area contributed by atoms with Crippen LogP contribution in [-0.4, -0.2) is 30.9 Å². The van der Waals surface area contributed by atoms with Crippen molar-refractivity contribution < 1.29 is 9.15 Å². The molecule has 1 aromatic carbocycles. The number of aromatic nitrogens is 2. The van der Waals surface area contributed by atoms with Gasteiger partial charge in [0.2, 0.25) is 5.89 Å². The molecule has 0 saturated heterocycles. The number of benzene rings is 1. The van der Waals surface area contributed by atoms with Crippen molar-refractivity contribution in [3.63, 3.8) is 0 Å². The Bertz CT molecular complexity index is 541. The minimum Gasteiger partial charge on any atom is -0.496 e. The van der Waals surface area contributed by atoms with Gasteiger partial charge in [0.1, 0.15) is 5.75 Å². The lowest BCUT2D eigenvalue weighted by atomic mass is 10.1. The maximum absolute atomic E-state index is 5.50. The molecule has 1 heterocycles. The molecule has 0 aliphatic heterocycles. The maximum atomic E-state index is 5.50. The Kier molecular flexibility index (Phi) is 4.95. The van der Waals surface area contributed by atoms with Crippen LogP contribution in [0.5, 0.6) is 5.75 Å². The van der Waals surface area contributed by atoms with Gasteiger partial charge in [-0.3, -0.25) is 0 Å². The van der Waals surface area contributed by atoms with Gasteiger partial charge in [-0.25, -0.2) is 0 Å². The summed E-state index contributed by atoms with van der Waals surface area (Å²) in [6, 6.07) is 8.44. The summed E-state index contributed by atoms with van der Waals surface area (Å²) in [4.78, 5) is 0. The smallest absolute Gasteiger partial charge is 0.315 e. The molecule has 6 nitrogen and oxygen atoms in total. The van der Waals surface area contributed by atoms with Crippen molar-refractivity contribution in [1.82, 2.24) is 15.5 Å². The first-order valence-corrected chi connectivity index (χ1v) is 6.61. The Morgan fingerprint density at radius 3 is 2.85 bits per heavy atom. The van der Waals surface area contributed by atoms with Crippen LogP contribution in [0.1, 0.15) is 24.4 Å². The second-order valence-electron chi connectivity index (χ2n) is 4.44. The molecule has 2 N–H and O–H groups in total. The molecule has 20 heavy (non-hydrogen) atoms. The summed E-state index contributed by atoms with van der Waals surface area (Å²) in [5.74, 6) is 1.47. The average molecular weight is 276 g/mol. The van der Waals surface area contributed by atoms with E-state index in [0.29, 0.717) is 18.5 Å². The predicted octanol–water partition coefficient (Wildman–Crippen LogP) is 2.01. The number of para-hydroxylation sites is 1. The molecule has 6 heteroatoms. The third-order valence-electron chi connectivity index (χ3n) is 3.11. The number of rotatable bonds is 7. The van der Waals surface area contributed by atoms with Crippen LogP contribution in [0.2, 0.25) is 0 Å². The second-order valence-corrected chi connectivity index (χ2v) is 4.44. The van der Waals surface area contributed by atoms with Crippen LogP contribution in [0.3, 0.4) is 0 Å². The summed E-state index contributed by atoms with van der Waals surface area (Å²) in [5.41, 5.74) is 1.14. The number of hydrogen-bond acceptors (Lipinski definition) is 6. The highest BCUT2D eigenvalue weighted by atomic mass is 16.5. The van der Waals surface area contributed by atoms with Gasteiger partial charge in [-0.15, -0.1) is 5.10 Å². The SMILES string of the molecule is CNC(C)c1nnc(NCCc2ccccc2OC)o1. The lowest BCUT2D eigenvalue weighted by molar-refractivity contribution is 0.409. The molecule has 0 saturated carbocycles. The minimum atomic E-state index is 0.0484. The first-order valence-electron chi connectivity index (χ1n) is 6.61. The normalized spacial score (nSPS) is 12.2. The van der Waals surface area contributed by atoms with Gasteiger partial charge in [-0.05, 0) is 32.0 Å². The molecule has 0 radical (unpaired) electrons. The molecule has 0 spiro atoms. The molecule has 2 rings (SSSR count). The maximum Gasteiger partial charge on any atom is 0.315 e. The number of nitrogens with zero attached hydrogens (tertiary/aromatic N) is 2. The fourth-order valence-corrected chi connectivity index (χ4v) is 1.82. The zero-order valence-electron chi connectivity index (χ0n) is 12.0. The predicted molar refractivity (Wildman–Crippen MR) is 77.0 cm³/mol. The second kappa shape index (κ2) is 6.91. The first kappa shape index (κ1) is 14.3. The van der Waals surface area contributed by atoms with Gasteiger partial charge >= 0.3 is 6.01 Å². The van der Waals surface area contributed by atoms with E-state index in [2.05, 4.69) is 20.8 Å². The fourth-order valence-electron chi connectivity index (χ4n) is 1.82. The van der Waals surface area contributed by atoms with Crippen molar-refractivity contribution in [2.75, 3.05) is 26.0 Å². The highest BCUT2D eigenvalue weighted by Gasteiger charge is 2.11. The number of methoxy groups -OCH3 is 1. The summed E-state index contributed by atoms with van der Waals surface area (Å²) in [5, 5.41) is 14.1. The molecule has 1 aromatic heterocycles. The van der Waals surface area contributed by atoms with Crippen LogP contribution in [0, 0.1) is 0 Å². The van der Waals surface area contributed by atoms with Crippen LogP contribution in [0.25, 0.3) is 0 Å². The minimum absolute atomic E-state index is 0.0484. The van der Waals surface area contributed by atoms with Crippen molar-refractivity contribution >= 4 is 6.01 Å². The van der Waals surface area contributed by atoms with Gasteiger partial charge in [0.05, 0.1) is 13.2 Å². The monoisotopic (exact) mass is 276 g/mol. The molecular formula is C14H20N4O2. The van der Waals surface area contributed by atoms with Crippen molar-refractivity contribution in [3.8, 4) is 5.75 Å². The van der Waals surface area contributed by atoms with Crippen LogP contribution in [0.4, 0.5) is 6.01 Å². The third kappa shape index (κ3) is 3.48. The van der Waals surface area contributed by atoms with Crippen molar-refractivity contribution in [2.45, 2.75) is 19.4 Å². The Morgan fingerprint density at radius 2 is 2.10 bits per heavy atom. The van der Waals surface area contributed by atoms with E-state index in [0.717, 1.165) is 17.7 Å². The Hall–Kier alpha value is -2.08. The molecule has 1 atom stereocenters. The fraction of sp³-hybridized carbons (Fsp3) is 0.429. The molecule has 0 fully saturated rings. The molecule has 0 aliphatic carbocycles. The molecule has 1 unspecified atom stereocenters. The van der Waals surface area contributed by atoms with Crippen LogP contribution in [-0.2, 0) is 6.42 Å². The standard InChI is InChI=1S/C14H20N4O2/c1-10(15-2)13-17-18-14(20-13)16-9-8-11-6-4-5-7-12(11)19-3/h4-7,10,15H,8-9H2,1-3H3,(H,16,18). The zero-order valence-corrected chi connectivity index (χ0v) is 12.0. The van der Waals surface area contributed by atoms with Crippen LogP contribution < -0.4 is 15.4 Å². The lowest BCUT2D eigenvalue weighted by Gasteiger charge is -2.07. The van der Waals surface area contributed by atoms with Gasteiger partial charge in [-0.1, -0.05) is 23.3 Å². The van der Waals surface area contributed by atoms with Crippen LogP contribution in [0.15, 0.2) is 28.7 Å². The highest BCUT2D eigenvalue weighted by molar-refractivity contribution is 5.34. The summed E-state index contributed by atoms with van der Waals surface area (Å²) in [7, 11) is 3.53. The van der Waals surface area contributed by atoms with E-state index in [1.54, 1.807) is 7.11 Å². The van der Waals surface area contributed by atoms with Crippen molar-refractivity contribution in [2.24, 2.45) is 0 Å². The summed E-state index contributed by atoms with van der Waals surface area (Å²) < 4.78 is 10.8. The third-order valence-corrected chi connectivity index (χ3v) is 3.11. The van der Waals surface area contributed by atoms with E-state index in [4.69, 9.17) is 9.15 Å². The van der Waals surface area contributed by atoms with E-state index in [9.17, 15) is 0 Å². The number of nitrogens with one attached hydrogen (secondary N) is 2. The summed E-state index contributed by atoms with van der Waals surface area (Å²) in [6.45, 7) is 2.67. The number of hydrogen-bond donors (Lipinski definition) is 2. The largest absolute Gasteiger partial charge is 0.496 e. The first-order chi connectivity index (χ1) is 9.74. The van der Waals surface area contributed by atoms with Gasteiger partial charge in [0.25, 0.3) is 0 Å². The van der Waals surface area contributed by atoms with E-state index in [1.165, 1.54) is 0 Å². The Labute approximate surface area is 118 Å².